The van der Waals surface area contributed by atoms with E-state index < -0.39 is 0 Å². The summed E-state index contributed by atoms with van der Waals surface area (Å²) in [7, 11) is 0. The zero-order valence-electron chi connectivity index (χ0n) is 9.26. The summed E-state index contributed by atoms with van der Waals surface area (Å²) in [6.45, 7) is 3.07. The molecule has 0 aliphatic heterocycles. The number of hydrogen-bond acceptors (Lipinski definition) is 3. The normalized spacial score (nSPS) is 10.4. The number of nitrogens with zero attached hydrogens (tertiary/aromatic N) is 2. The van der Waals surface area contributed by atoms with E-state index in [0.29, 0.717) is 13.2 Å². The molecule has 0 fully saturated rings. The van der Waals surface area contributed by atoms with Crippen molar-refractivity contribution >= 4 is 0 Å². The van der Waals surface area contributed by atoms with Crippen LogP contribution in [0.5, 0.6) is 5.75 Å². The number of rotatable bonds is 4. The molecular weight excluding hydrogens is 202 g/mol. The summed E-state index contributed by atoms with van der Waals surface area (Å²) >= 11 is 0. The Bertz CT molecular complexity index is 465. The molecule has 0 atom stereocenters. The van der Waals surface area contributed by atoms with Crippen LogP contribution in [0, 0.1) is 6.92 Å². The summed E-state index contributed by atoms with van der Waals surface area (Å²) in [6.07, 6.45) is 3.62. The molecule has 0 saturated carbocycles. The van der Waals surface area contributed by atoms with Crippen LogP contribution in [0.2, 0.25) is 0 Å². The molecular formula is C12H15N3O. The van der Waals surface area contributed by atoms with Crippen molar-refractivity contribution in [1.29, 1.82) is 0 Å². The lowest BCUT2D eigenvalue weighted by atomic mass is 10.3. The smallest absolute Gasteiger partial charge is 0.121 e. The van der Waals surface area contributed by atoms with Gasteiger partial charge in [-0.1, -0.05) is 6.07 Å². The molecule has 2 rings (SSSR count). The van der Waals surface area contributed by atoms with E-state index in [9.17, 15) is 0 Å². The Balaban J connectivity index is 2.26. The van der Waals surface area contributed by atoms with E-state index in [1.54, 1.807) is 6.33 Å². The van der Waals surface area contributed by atoms with Crippen LogP contribution in [0.1, 0.15) is 5.69 Å². The second kappa shape index (κ2) is 4.81. The molecule has 0 bridgehead atoms. The van der Waals surface area contributed by atoms with Crippen molar-refractivity contribution in [2.45, 2.75) is 6.92 Å². The van der Waals surface area contributed by atoms with Gasteiger partial charge in [0.05, 0.1) is 12.0 Å². The average Bonchev–Trinajstić information content (AvgIpc) is 2.73. The highest BCUT2D eigenvalue weighted by Gasteiger charge is 2.01. The van der Waals surface area contributed by atoms with E-state index in [1.165, 1.54) is 0 Å². The maximum atomic E-state index is 5.47. The fourth-order valence-electron chi connectivity index (χ4n) is 1.53. The Morgan fingerprint density at radius 2 is 2.31 bits per heavy atom. The average molecular weight is 217 g/mol. The molecule has 1 aromatic carbocycles. The molecule has 0 saturated heterocycles. The van der Waals surface area contributed by atoms with E-state index in [-0.39, 0.29) is 0 Å². The number of imidazole rings is 1. The van der Waals surface area contributed by atoms with Crippen molar-refractivity contribution < 1.29 is 4.74 Å². The van der Waals surface area contributed by atoms with Crippen molar-refractivity contribution in [2.75, 3.05) is 13.2 Å². The largest absolute Gasteiger partial charge is 0.492 e. The van der Waals surface area contributed by atoms with Crippen molar-refractivity contribution in [3.63, 3.8) is 0 Å². The second-order valence-corrected chi connectivity index (χ2v) is 3.54. The molecule has 84 valence electrons. The predicted octanol–water partition coefficient (Wildman–Crippen LogP) is 1.52. The molecule has 4 heteroatoms. The SMILES string of the molecule is Cc1cncn1-c1cccc(OCCN)c1. The van der Waals surface area contributed by atoms with E-state index in [2.05, 4.69) is 4.98 Å². The van der Waals surface area contributed by atoms with Crippen LogP contribution >= 0.6 is 0 Å². The first kappa shape index (κ1) is 10.7. The highest BCUT2D eigenvalue weighted by atomic mass is 16.5. The number of nitrogens with two attached hydrogens (primary N) is 1. The molecule has 0 spiro atoms. The fraction of sp³-hybridized carbons (Fsp3) is 0.250. The summed E-state index contributed by atoms with van der Waals surface area (Å²) in [5.41, 5.74) is 7.53. The summed E-state index contributed by atoms with van der Waals surface area (Å²) < 4.78 is 7.48. The first-order valence-corrected chi connectivity index (χ1v) is 5.23. The van der Waals surface area contributed by atoms with E-state index in [4.69, 9.17) is 10.5 Å². The van der Waals surface area contributed by atoms with Crippen LogP contribution in [-0.2, 0) is 0 Å². The van der Waals surface area contributed by atoms with Gasteiger partial charge >= 0.3 is 0 Å². The molecule has 1 heterocycles. The van der Waals surface area contributed by atoms with Crippen molar-refractivity contribution in [3.8, 4) is 11.4 Å². The van der Waals surface area contributed by atoms with Crippen LogP contribution < -0.4 is 10.5 Å². The molecule has 1 aromatic heterocycles. The van der Waals surface area contributed by atoms with Crippen LogP contribution in [-0.4, -0.2) is 22.7 Å². The van der Waals surface area contributed by atoms with Gasteiger partial charge in [-0.15, -0.1) is 0 Å². The molecule has 0 aliphatic rings. The third kappa shape index (κ3) is 2.23. The second-order valence-electron chi connectivity index (χ2n) is 3.54. The first-order chi connectivity index (χ1) is 7.81. The minimum atomic E-state index is 0.522. The Morgan fingerprint density at radius 1 is 1.44 bits per heavy atom. The Labute approximate surface area is 94.7 Å². The molecule has 0 amide bonds. The van der Waals surface area contributed by atoms with Gasteiger partial charge in [-0.25, -0.2) is 4.98 Å². The minimum Gasteiger partial charge on any atom is -0.492 e. The number of aromatic nitrogens is 2. The van der Waals surface area contributed by atoms with Crippen molar-refractivity contribution in [2.24, 2.45) is 5.73 Å². The number of ether oxygens (including phenoxy) is 1. The maximum Gasteiger partial charge on any atom is 0.121 e. The van der Waals surface area contributed by atoms with Gasteiger partial charge in [0.15, 0.2) is 0 Å². The zero-order valence-corrected chi connectivity index (χ0v) is 9.26. The van der Waals surface area contributed by atoms with Crippen LogP contribution in [0.15, 0.2) is 36.8 Å². The van der Waals surface area contributed by atoms with Crippen LogP contribution in [0.25, 0.3) is 5.69 Å². The van der Waals surface area contributed by atoms with Gasteiger partial charge in [0, 0.05) is 24.5 Å². The molecule has 2 aromatic rings. The monoisotopic (exact) mass is 217 g/mol. The maximum absolute atomic E-state index is 5.47. The van der Waals surface area contributed by atoms with E-state index >= 15 is 0 Å². The van der Waals surface area contributed by atoms with Gasteiger partial charge in [-0.05, 0) is 19.1 Å². The predicted molar refractivity (Wildman–Crippen MR) is 62.9 cm³/mol. The molecule has 0 unspecified atom stereocenters. The molecule has 0 aliphatic carbocycles. The van der Waals surface area contributed by atoms with Gasteiger partial charge in [0.1, 0.15) is 12.4 Å². The molecule has 4 nitrogen and oxygen atoms in total. The Kier molecular flexibility index (Phi) is 3.22. The lowest BCUT2D eigenvalue weighted by Gasteiger charge is -2.08. The Hall–Kier alpha value is -1.81. The highest BCUT2D eigenvalue weighted by molar-refractivity contribution is 5.40. The lowest BCUT2D eigenvalue weighted by molar-refractivity contribution is 0.328. The molecule has 2 N–H and O–H groups in total. The number of aryl methyl sites for hydroxylation is 1. The summed E-state index contributed by atoms with van der Waals surface area (Å²) in [5.74, 6) is 0.830. The number of benzene rings is 1. The van der Waals surface area contributed by atoms with Gasteiger partial charge < -0.3 is 15.0 Å². The molecule has 0 radical (unpaired) electrons. The van der Waals surface area contributed by atoms with Crippen LogP contribution in [0.3, 0.4) is 0 Å². The van der Waals surface area contributed by atoms with E-state index in [1.807, 2.05) is 42.0 Å². The summed E-state index contributed by atoms with van der Waals surface area (Å²) in [6, 6.07) is 7.88. The Morgan fingerprint density at radius 3 is 3.00 bits per heavy atom. The van der Waals surface area contributed by atoms with Gasteiger partial charge in [0.25, 0.3) is 0 Å². The first-order valence-electron chi connectivity index (χ1n) is 5.23. The molecule has 16 heavy (non-hydrogen) atoms. The lowest BCUT2D eigenvalue weighted by Crippen LogP contribution is -2.10. The fourth-order valence-corrected chi connectivity index (χ4v) is 1.53. The van der Waals surface area contributed by atoms with Gasteiger partial charge in [-0.2, -0.15) is 0 Å². The van der Waals surface area contributed by atoms with Crippen LogP contribution in [0.4, 0.5) is 0 Å². The third-order valence-electron chi connectivity index (χ3n) is 2.31. The summed E-state index contributed by atoms with van der Waals surface area (Å²) in [4.78, 5) is 4.09. The van der Waals surface area contributed by atoms with Crippen molar-refractivity contribution in [1.82, 2.24) is 9.55 Å². The zero-order chi connectivity index (χ0) is 11.4. The summed E-state index contributed by atoms with van der Waals surface area (Å²) in [5, 5.41) is 0. The quantitative estimate of drug-likeness (QED) is 0.844. The van der Waals surface area contributed by atoms with Gasteiger partial charge in [0.2, 0.25) is 0 Å². The standard InChI is InChI=1S/C12H15N3O/c1-10-8-14-9-15(10)11-3-2-4-12(7-11)16-6-5-13/h2-4,7-9H,5-6,13H2,1H3. The van der Waals surface area contributed by atoms with Gasteiger partial charge in [-0.3, -0.25) is 0 Å². The topological polar surface area (TPSA) is 53.1 Å². The highest BCUT2D eigenvalue weighted by Crippen LogP contribution is 2.17. The third-order valence-corrected chi connectivity index (χ3v) is 2.31. The van der Waals surface area contributed by atoms with E-state index in [0.717, 1.165) is 17.1 Å². The minimum absolute atomic E-state index is 0.522. The van der Waals surface area contributed by atoms with Crippen molar-refractivity contribution in [3.05, 3.63) is 42.5 Å². The number of hydrogen-bond donors (Lipinski definition) is 1.